The molecule has 0 spiro atoms. The average Bonchev–Trinajstić information content (AvgIpc) is 2.73. The Balaban J connectivity index is 1.90. The molecular formula is C23H20BrNO4. The van der Waals surface area contributed by atoms with Gasteiger partial charge in [0.1, 0.15) is 5.75 Å². The summed E-state index contributed by atoms with van der Waals surface area (Å²) in [6.07, 6.45) is -1.12. The minimum absolute atomic E-state index is 0.342. The van der Waals surface area contributed by atoms with Gasteiger partial charge >= 0.3 is 5.97 Å². The van der Waals surface area contributed by atoms with Gasteiger partial charge in [-0.05, 0) is 52.7 Å². The third kappa shape index (κ3) is 5.03. The first kappa shape index (κ1) is 20.6. The molecule has 0 aliphatic rings. The number of hydrogen-bond acceptors (Lipinski definition) is 4. The monoisotopic (exact) mass is 453 g/mol. The van der Waals surface area contributed by atoms with Crippen LogP contribution >= 0.6 is 15.9 Å². The summed E-state index contributed by atoms with van der Waals surface area (Å²) in [5.74, 6) is -0.550. The molecule has 6 heteroatoms. The number of esters is 1. The Hall–Kier alpha value is -3.12. The van der Waals surface area contributed by atoms with Crippen molar-refractivity contribution in [2.24, 2.45) is 0 Å². The first-order valence-corrected chi connectivity index (χ1v) is 9.75. The highest BCUT2D eigenvalue weighted by Crippen LogP contribution is 2.28. The van der Waals surface area contributed by atoms with E-state index in [0.29, 0.717) is 27.0 Å². The molecule has 1 atom stereocenters. The summed E-state index contributed by atoms with van der Waals surface area (Å²) in [5, 5.41) is 2.82. The predicted molar refractivity (Wildman–Crippen MR) is 115 cm³/mol. The van der Waals surface area contributed by atoms with Crippen LogP contribution in [0.5, 0.6) is 5.75 Å². The minimum atomic E-state index is -1.12. The van der Waals surface area contributed by atoms with E-state index in [1.54, 1.807) is 60.7 Å². The van der Waals surface area contributed by atoms with Crippen LogP contribution in [0.4, 0.5) is 5.69 Å². The highest BCUT2D eigenvalue weighted by atomic mass is 79.9. The Labute approximate surface area is 177 Å². The van der Waals surface area contributed by atoms with E-state index >= 15 is 0 Å². The summed E-state index contributed by atoms with van der Waals surface area (Å²) in [5.41, 5.74) is 2.38. The van der Waals surface area contributed by atoms with E-state index in [2.05, 4.69) is 21.2 Å². The molecule has 1 N–H and O–H groups in total. The van der Waals surface area contributed by atoms with Crippen molar-refractivity contribution in [3.8, 4) is 5.75 Å². The van der Waals surface area contributed by atoms with Gasteiger partial charge in [-0.1, -0.05) is 48.5 Å². The zero-order valence-corrected chi connectivity index (χ0v) is 17.6. The van der Waals surface area contributed by atoms with E-state index in [0.717, 1.165) is 5.56 Å². The van der Waals surface area contributed by atoms with Crippen molar-refractivity contribution in [3.05, 3.63) is 94.0 Å². The maximum absolute atomic E-state index is 13.1. The SMILES string of the molecule is COc1ccc(C)cc1NC(=O)C(OC(=O)c1ccccc1Br)c1ccccc1. The molecule has 5 nitrogen and oxygen atoms in total. The topological polar surface area (TPSA) is 64.6 Å². The molecule has 0 radical (unpaired) electrons. The van der Waals surface area contributed by atoms with Gasteiger partial charge in [0.05, 0.1) is 18.4 Å². The van der Waals surface area contributed by atoms with Crippen LogP contribution in [0, 0.1) is 6.92 Å². The molecule has 3 aromatic rings. The molecule has 3 rings (SSSR count). The van der Waals surface area contributed by atoms with E-state index in [9.17, 15) is 9.59 Å². The number of nitrogens with one attached hydrogen (secondary N) is 1. The summed E-state index contributed by atoms with van der Waals surface area (Å²) in [4.78, 5) is 25.8. The Morgan fingerprint density at radius 2 is 1.66 bits per heavy atom. The van der Waals surface area contributed by atoms with Crippen molar-refractivity contribution in [1.82, 2.24) is 0 Å². The molecule has 0 saturated carbocycles. The molecule has 0 fully saturated rings. The second-order valence-corrected chi connectivity index (χ2v) is 7.22. The van der Waals surface area contributed by atoms with Gasteiger partial charge < -0.3 is 14.8 Å². The maximum Gasteiger partial charge on any atom is 0.340 e. The largest absolute Gasteiger partial charge is 0.495 e. The van der Waals surface area contributed by atoms with Gasteiger partial charge in [-0.2, -0.15) is 0 Å². The van der Waals surface area contributed by atoms with Crippen molar-refractivity contribution >= 4 is 33.5 Å². The number of halogens is 1. The molecule has 0 bridgehead atoms. The molecule has 1 unspecified atom stereocenters. The van der Waals surface area contributed by atoms with Gasteiger partial charge in [0.25, 0.3) is 5.91 Å². The molecule has 0 saturated heterocycles. The zero-order chi connectivity index (χ0) is 20.8. The van der Waals surface area contributed by atoms with Crippen molar-refractivity contribution in [1.29, 1.82) is 0 Å². The minimum Gasteiger partial charge on any atom is -0.495 e. The lowest BCUT2D eigenvalue weighted by Gasteiger charge is -2.19. The van der Waals surface area contributed by atoms with E-state index in [1.807, 2.05) is 19.1 Å². The van der Waals surface area contributed by atoms with Crippen molar-refractivity contribution in [2.75, 3.05) is 12.4 Å². The standard InChI is InChI=1S/C23H20BrNO4/c1-15-12-13-20(28-2)19(14-15)25-22(26)21(16-8-4-3-5-9-16)29-23(27)17-10-6-7-11-18(17)24/h3-14,21H,1-2H3,(H,25,26). The number of methoxy groups -OCH3 is 1. The summed E-state index contributed by atoms with van der Waals surface area (Å²) in [6, 6.07) is 21.3. The Morgan fingerprint density at radius 1 is 0.966 bits per heavy atom. The number of hydrogen-bond donors (Lipinski definition) is 1. The molecule has 148 valence electrons. The normalized spacial score (nSPS) is 11.4. The molecule has 0 heterocycles. The third-order valence-electron chi connectivity index (χ3n) is 4.27. The van der Waals surface area contributed by atoms with Gasteiger partial charge in [-0.25, -0.2) is 4.79 Å². The summed E-state index contributed by atoms with van der Waals surface area (Å²) >= 11 is 3.34. The van der Waals surface area contributed by atoms with Crippen LogP contribution in [0.2, 0.25) is 0 Å². The first-order valence-electron chi connectivity index (χ1n) is 8.95. The number of benzene rings is 3. The number of carbonyl (C=O) groups excluding carboxylic acids is 2. The summed E-state index contributed by atoms with van der Waals surface area (Å²) < 4.78 is 11.5. The van der Waals surface area contributed by atoms with Crippen molar-refractivity contribution < 1.29 is 19.1 Å². The lowest BCUT2D eigenvalue weighted by atomic mass is 10.1. The van der Waals surface area contributed by atoms with E-state index in [-0.39, 0.29) is 0 Å². The Bertz CT molecular complexity index is 1020. The zero-order valence-electron chi connectivity index (χ0n) is 16.0. The van der Waals surface area contributed by atoms with Gasteiger partial charge in [0.15, 0.2) is 0 Å². The fraction of sp³-hybridized carbons (Fsp3) is 0.130. The van der Waals surface area contributed by atoms with Gasteiger partial charge in [0.2, 0.25) is 6.10 Å². The molecular weight excluding hydrogens is 434 g/mol. The number of amides is 1. The second-order valence-electron chi connectivity index (χ2n) is 6.37. The van der Waals surface area contributed by atoms with E-state index in [4.69, 9.17) is 9.47 Å². The van der Waals surface area contributed by atoms with E-state index in [1.165, 1.54) is 7.11 Å². The molecule has 29 heavy (non-hydrogen) atoms. The van der Waals surface area contributed by atoms with Crippen LogP contribution in [-0.2, 0) is 9.53 Å². The highest BCUT2D eigenvalue weighted by Gasteiger charge is 2.27. The fourth-order valence-corrected chi connectivity index (χ4v) is 3.26. The molecule has 1 amide bonds. The number of ether oxygens (including phenoxy) is 2. The molecule has 0 aliphatic heterocycles. The molecule has 3 aromatic carbocycles. The van der Waals surface area contributed by atoms with Crippen LogP contribution in [-0.4, -0.2) is 19.0 Å². The number of carbonyl (C=O) groups is 2. The van der Waals surface area contributed by atoms with E-state index < -0.39 is 18.0 Å². The van der Waals surface area contributed by atoms with Crippen LogP contribution in [0.15, 0.2) is 77.3 Å². The lowest BCUT2D eigenvalue weighted by molar-refractivity contribution is -0.125. The van der Waals surface area contributed by atoms with Crippen LogP contribution < -0.4 is 10.1 Å². The summed E-state index contributed by atoms with van der Waals surface area (Å²) in [6.45, 7) is 1.91. The first-order chi connectivity index (χ1) is 14.0. The molecule has 0 aliphatic carbocycles. The Morgan fingerprint density at radius 3 is 2.34 bits per heavy atom. The predicted octanol–water partition coefficient (Wildman–Crippen LogP) is 5.30. The van der Waals surface area contributed by atoms with Crippen LogP contribution in [0.25, 0.3) is 0 Å². The van der Waals surface area contributed by atoms with Gasteiger partial charge in [-0.15, -0.1) is 0 Å². The van der Waals surface area contributed by atoms with Crippen molar-refractivity contribution in [2.45, 2.75) is 13.0 Å². The number of rotatable bonds is 6. The lowest BCUT2D eigenvalue weighted by Crippen LogP contribution is -2.26. The second kappa shape index (κ2) is 9.39. The molecule has 0 aromatic heterocycles. The number of anilines is 1. The Kier molecular flexibility index (Phi) is 6.67. The quantitative estimate of drug-likeness (QED) is 0.514. The fourth-order valence-electron chi connectivity index (χ4n) is 2.82. The number of aryl methyl sites for hydroxylation is 1. The smallest absolute Gasteiger partial charge is 0.340 e. The van der Waals surface area contributed by atoms with Crippen molar-refractivity contribution in [3.63, 3.8) is 0 Å². The summed E-state index contributed by atoms with van der Waals surface area (Å²) in [7, 11) is 1.53. The average molecular weight is 454 g/mol. The van der Waals surface area contributed by atoms with Crippen LogP contribution in [0.3, 0.4) is 0 Å². The van der Waals surface area contributed by atoms with Crippen LogP contribution in [0.1, 0.15) is 27.6 Å². The highest BCUT2D eigenvalue weighted by molar-refractivity contribution is 9.10. The van der Waals surface area contributed by atoms with Gasteiger partial charge in [-0.3, -0.25) is 4.79 Å². The third-order valence-corrected chi connectivity index (χ3v) is 4.96. The maximum atomic E-state index is 13.1. The van der Waals surface area contributed by atoms with Gasteiger partial charge in [0, 0.05) is 10.0 Å².